The number of carbonyl (C=O) groups excluding carboxylic acids is 3. The summed E-state index contributed by atoms with van der Waals surface area (Å²) in [6.45, 7) is 3.80. The molecule has 1 heterocycles. The molecule has 0 unspecified atom stereocenters. The van der Waals surface area contributed by atoms with E-state index in [1.807, 2.05) is 50.2 Å². The van der Waals surface area contributed by atoms with Crippen molar-refractivity contribution >= 4 is 17.8 Å². The number of hydrogen-bond acceptors (Lipinski definition) is 4. The molecule has 0 saturated heterocycles. The highest BCUT2D eigenvalue weighted by atomic mass is 16.5. The van der Waals surface area contributed by atoms with Crippen molar-refractivity contribution < 1.29 is 19.1 Å². The zero-order valence-corrected chi connectivity index (χ0v) is 16.8. The fraction of sp³-hybridized carbons (Fsp3) is 0.160. The number of amides is 2. The van der Waals surface area contributed by atoms with E-state index in [0.717, 1.165) is 21.6 Å². The largest absolute Gasteiger partial charge is 0.425 e. The smallest absolute Gasteiger partial charge is 0.335 e. The fourth-order valence-corrected chi connectivity index (χ4v) is 3.62. The maximum atomic E-state index is 13.2. The number of imide groups is 1. The van der Waals surface area contributed by atoms with Gasteiger partial charge in [0.15, 0.2) is 0 Å². The summed E-state index contributed by atoms with van der Waals surface area (Å²) in [6, 6.07) is 20.3. The van der Waals surface area contributed by atoms with Crippen molar-refractivity contribution in [3.05, 3.63) is 101 Å². The minimum atomic E-state index is -1.07. The molecule has 2 amide bonds. The van der Waals surface area contributed by atoms with Gasteiger partial charge in [-0.25, -0.2) is 4.79 Å². The van der Waals surface area contributed by atoms with Gasteiger partial charge in [-0.1, -0.05) is 54.6 Å². The van der Waals surface area contributed by atoms with Crippen LogP contribution in [0.1, 0.15) is 37.4 Å². The van der Waals surface area contributed by atoms with Crippen LogP contribution in [0.3, 0.4) is 0 Å². The van der Waals surface area contributed by atoms with Crippen LogP contribution in [-0.4, -0.2) is 28.7 Å². The molecule has 5 heteroatoms. The highest BCUT2D eigenvalue weighted by Gasteiger charge is 2.43. The zero-order valence-electron chi connectivity index (χ0n) is 16.8. The predicted octanol–water partition coefficient (Wildman–Crippen LogP) is 4.12. The Bertz CT molecular complexity index is 1100. The average molecular weight is 399 g/mol. The predicted molar refractivity (Wildman–Crippen MR) is 112 cm³/mol. The summed E-state index contributed by atoms with van der Waals surface area (Å²) in [5, 5.41) is 0. The van der Waals surface area contributed by atoms with Gasteiger partial charge in [-0.15, -0.1) is 0 Å². The summed E-state index contributed by atoms with van der Waals surface area (Å²) in [5.41, 5.74) is 3.27. The summed E-state index contributed by atoms with van der Waals surface area (Å²) in [5.74, 6) is -1.17. The van der Waals surface area contributed by atoms with Crippen molar-refractivity contribution in [2.24, 2.45) is 0 Å². The molecule has 1 aliphatic rings. The Morgan fingerprint density at radius 3 is 2.07 bits per heavy atom. The van der Waals surface area contributed by atoms with Crippen LogP contribution < -0.4 is 4.74 Å². The second kappa shape index (κ2) is 7.95. The molecule has 0 spiro atoms. The molecule has 4 rings (SSSR count). The van der Waals surface area contributed by atoms with Crippen molar-refractivity contribution in [3.63, 3.8) is 0 Å². The Kier molecular flexibility index (Phi) is 5.19. The van der Waals surface area contributed by atoms with Gasteiger partial charge in [0.2, 0.25) is 0 Å². The van der Waals surface area contributed by atoms with Gasteiger partial charge >= 0.3 is 5.97 Å². The molecule has 0 fully saturated rings. The molecule has 0 aromatic heterocycles. The van der Waals surface area contributed by atoms with E-state index in [1.54, 1.807) is 36.4 Å². The van der Waals surface area contributed by atoms with Gasteiger partial charge in [0, 0.05) is 6.42 Å². The molecule has 0 saturated carbocycles. The van der Waals surface area contributed by atoms with Gasteiger partial charge in [-0.2, -0.15) is 0 Å². The number of fused-ring (bicyclic) bond motifs is 1. The first kappa shape index (κ1) is 19.6. The number of esters is 1. The molecule has 3 aromatic rings. The van der Waals surface area contributed by atoms with Gasteiger partial charge in [0.1, 0.15) is 11.8 Å². The molecule has 1 atom stereocenters. The van der Waals surface area contributed by atoms with Gasteiger partial charge in [-0.3, -0.25) is 14.5 Å². The number of aryl methyl sites for hydroxylation is 1. The van der Waals surface area contributed by atoms with Crippen LogP contribution in [0.5, 0.6) is 5.75 Å². The van der Waals surface area contributed by atoms with Crippen LogP contribution in [-0.2, 0) is 11.2 Å². The minimum absolute atomic E-state index is 0.177. The van der Waals surface area contributed by atoms with Crippen molar-refractivity contribution in [2.75, 3.05) is 0 Å². The molecule has 5 nitrogen and oxygen atoms in total. The van der Waals surface area contributed by atoms with Gasteiger partial charge < -0.3 is 4.74 Å². The summed E-state index contributed by atoms with van der Waals surface area (Å²) in [7, 11) is 0. The average Bonchev–Trinajstić information content (AvgIpc) is 3.01. The van der Waals surface area contributed by atoms with Gasteiger partial charge in [-0.05, 0) is 48.7 Å². The molecule has 30 heavy (non-hydrogen) atoms. The Morgan fingerprint density at radius 2 is 1.43 bits per heavy atom. The topological polar surface area (TPSA) is 63.7 Å². The summed E-state index contributed by atoms with van der Waals surface area (Å²) >= 11 is 0. The lowest BCUT2D eigenvalue weighted by molar-refractivity contribution is -0.138. The molecular weight excluding hydrogens is 378 g/mol. The number of nitrogens with zero attached hydrogens (tertiary/aromatic N) is 1. The van der Waals surface area contributed by atoms with E-state index in [1.165, 1.54) is 0 Å². The van der Waals surface area contributed by atoms with E-state index >= 15 is 0 Å². The van der Waals surface area contributed by atoms with Crippen LogP contribution in [0.2, 0.25) is 0 Å². The van der Waals surface area contributed by atoms with Crippen LogP contribution in [0.4, 0.5) is 0 Å². The molecular formula is C25H21NO4. The van der Waals surface area contributed by atoms with Crippen LogP contribution in [0.25, 0.3) is 0 Å². The van der Waals surface area contributed by atoms with E-state index in [9.17, 15) is 14.4 Å². The first-order valence-corrected chi connectivity index (χ1v) is 9.76. The van der Waals surface area contributed by atoms with E-state index in [-0.39, 0.29) is 6.42 Å². The first-order valence-electron chi connectivity index (χ1n) is 9.76. The highest BCUT2D eigenvalue weighted by molar-refractivity contribution is 6.22. The van der Waals surface area contributed by atoms with E-state index in [0.29, 0.717) is 16.9 Å². The highest BCUT2D eigenvalue weighted by Crippen LogP contribution is 2.28. The zero-order chi connectivity index (χ0) is 21.3. The van der Waals surface area contributed by atoms with Gasteiger partial charge in [0.05, 0.1) is 11.1 Å². The maximum Gasteiger partial charge on any atom is 0.335 e. The second-order valence-electron chi connectivity index (χ2n) is 7.35. The van der Waals surface area contributed by atoms with Crippen molar-refractivity contribution in [3.8, 4) is 5.75 Å². The number of carbonyl (C=O) groups is 3. The lowest BCUT2D eigenvalue weighted by Crippen LogP contribution is -2.48. The first-order chi connectivity index (χ1) is 14.5. The van der Waals surface area contributed by atoms with E-state index in [2.05, 4.69) is 0 Å². The number of hydrogen-bond donors (Lipinski definition) is 0. The third-order valence-electron chi connectivity index (χ3n) is 5.45. The summed E-state index contributed by atoms with van der Waals surface area (Å²) in [4.78, 5) is 40.3. The van der Waals surface area contributed by atoms with E-state index < -0.39 is 23.8 Å². The maximum absolute atomic E-state index is 13.2. The molecule has 0 bridgehead atoms. The molecule has 0 N–H and O–H groups in total. The Labute approximate surface area is 174 Å². The van der Waals surface area contributed by atoms with Crippen LogP contribution >= 0.6 is 0 Å². The van der Waals surface area contributed by atoms with Gasteiger partial charge in [0.25, 0.3) is 11.8 Å². The lowest BCUT2D eigenvalue weighted by atomic mass is 10.0. The van der Waals surface area contributed by atoms with E-state index in [4.69, 9.17) is 4.74 Å². The normalized spacial score (nSPS) is 13.9. The molecule has 1 aliphatic heterocycles. The molecule has 0 aliphatic carbocycles. The van der Waals surface area contributed by atoms with Crippen molar-refractivity contribution in [1.29, 1.82) is 0 Å². The number of ether oxygens (including phenoxy) is 1. The summed E-state index contributed by atoms with van der Waals surface area (Å²) < 4.78 is 5.68. The second-order valence-corrected chi connectivity index (χ2v) is 7.35. The summed E-state index contributed by atoms with van der Waals surface area (Å²) in [6.07, 6.45) is 0.177. The third kappa shape index (κ3) is 3.50. The fourth-order valence-electron chi connectivity index (χ4n) is 3.62. The van der Waals surface area contributed by atoms with Crippen LogP contribution in [0, 0.1) is 13.8 Å². The molecule has 3 aromatic carbocycles. The third-order valence-corrected chi connectivity index (χ3v) is 5.45. The molecule has 150 valence electrons. The Hall–Kier alpha value is -3.73. The Balaban J connectivity index is 1.70. The number of rotatable bonds is 5. The molecule has 0 radical (unpaired) electrons. The minimum Gasteiger partial charge on any atom is -0.425 e. The quantitative estimate of drug-likeness (QED) is 0.368. The lowest BCUT2D eigenvalue weighted by Gasteiger charge is -2.25. The monoisotopic (exact) mass is 399 g/mol. The van der Waals surface area contributed by atoms with Crippen LogP contribution in [0.15, 0.2) is 72.8 Å². The SMILES string of the molecule is Cc1cccc(OC(=O)[C@H](Cc2ccccc2)N2C(=O)c3ccccc3C2=O)c1C. The van der Waals surface area contributed by atoms with Crippen molar-refractivity contribution in [1.82, 2.24) is 4.90 Å². The number of benzene rings is 3. The standard InChI is InChI=1S/C25H21NO4/c1-16-9-8-14-22(17(16)2)30-25(29)21(15-18-10-4-3-5-11-18)26-23(27)19-12-6-7-13-20(19)24(26)28/h3-14,21H,15H2,1-2H3/t21-/m0/s1. The Morgan fingerprint density at radius 1 is 0.833 bits per heavy atom. The van der Waals surface area contributed by atoms with Crippen molar-refractivity contribution in [2.45, 2.75) is 26.3 Å².